The second-order valence-electron chi connectivity index (χ2n) is 6.16. The van der Waals surface area contributed by atoms with Crippen molar-refractivity contribution in [3.05, 3.63) is 52.8 Å². The number of rotatable bonds is 4. The Bertz CT molecular complexity index is 620. The summed E-state index contributed by atoms with van der Waals surface area (Å²) in [6, 6.07) is 7.91. The third-order valence-corrected chi connectivity index (χ3v) is 3.14. The smallest absolute Gasteiger partial charge is 0.147 e. The predicted molar refractivity (Wildman–Crippen MR) is 87.1 cm³/mol. The summed E-state index contributed by atoms with van der Waals surface area (Å²) < 4.78 is 5.92. The van der Waals surface area contributed by atoms with Crippen molar-refractivity contribution in [1.82, 2.24) is 10.3 Å². The van der Waals surface area contributed by atoms with Crippen LogP contribution in [0.25, 0.3) is 0 Å². The number of aromatic nitrogens is 1. The normalized spacial score (nSPS) is 11.5. The van der Waals surface area contributed by atoms with E-state index in [1.165, 1.54) is 5.56 Å². The number of hydrogen-bond donors (Lipinski definition) is 1. The fraction of sp³-hybridized carbons (Fsp3) is 0.353. The van der Waals surface area contributed by atoms with Crippen molar-refractivity contribution >= 4 is 11.6 Å². The van der Waals surface area contributed by atoms with Crippen LogP contribution in [-0.4, -0.2) is 10.5 Å². The first-order valence-electron chi connectivity index (χ1n) is 6.96. The van der Waals surface area contributed by atoms with Gasteiger partial charge in [0.2, 0.25) is 0 Å². The molecule has 0 aliphatic heterocycles. The van der Waals surface area contributed by atoms with Gasteiger partial charge >= 0.3 is 0 Å². The number of hydrogen-bond acceptors (Lipinski definition) is 3. The van der Waals surface area contributed by atoms with Gasteiger partial charge in [-0.1, -0.05) is 29.3 Å². The van der Waals surface area contributed by atoms with Crippen molar-refractivity contribution < 1.29 is 4.74 Å². The molecule has 0 spiro atoms. The highest BCUT2D eigenvalue weighted by molar-refractivity contribution is 6.30. The molecule has 0 saturated heterocycles. The average molecular weight is 305 g/mol. The van der Waals surface area contributed by atoms with Gasteiger partial charge in [-0.3, -0.25) is 4.98 Å². The Kier molecular flexibility index (Phi) is 4.86. The fourth-order valence-electron chi connectivity index (χ4n) is 1.88. The van der Waals surface area contributed by atoms with Crippen LogP contribution in [0.3, 0.4) is 0 Å². The van der Waals surface area contributed by atoms with Gasteiger partial charge in [0.25, 0.3) is 0 Å². The van der Waals surface area contributed by atoms with Gasteiger partial charge in [0.1, 0.15) is 11.5 Å². The first-order chi connectivity index (χ1) is 9.83. The van der Waals surface area contributed by atoms with Crippen molar-refractivity contribution in [3.8, 4) is 11.5 Å². The summed E-state index contributed by atoms with van der Waals surface area (Å²) in [5, 5.41) is 4.05. The molecule has 0 aliphatic rings. The number of aryl methyl sites for hydroxylation is 1. The topological polar surface area (TPSA) is 34.1 Å². The second-order valence-corrected chi connectivity index (χ2v) is 6.59. The van der Waals surface area contributed by atoms with Crippen LogP contribution in [-0.2, 0) is 6.54 Å². The quantitative estimate of drug-likeness (QED) is 0.887. The lowest BCUT2D eigenvalue weighted by atomic mass is 10.1. The molecule has 2 rings (SSSR count). The minimum atomic E-state index is 0.0542. The first-order valence-corrected chi connectivity index (χ1v) is 7.34. The highest BCUT2D eigenvalue weighted by atomic mass is 35.5. The van der Waals surface area contributed by atoms with Gasteiger partial charge in [-0.2, -0.15) is 0 Å². The maximum atomic E-state index is 5.94. The van der Waals surface area contributed by atoms with Crippen molar-refractivity contribution in [3.63, 3.8) is 0 Å². The number of halogens is 1. The number of nitrogens with zero attached hydrogens (tertiary/aromatic N) is 1. The summed E-state index contributed by atoms with van der Waals surface area (Å²) in [5.74, 6) is 1.46. The summed E-state index contributed by atoms with van der Waals surface area (Å²) in [4.78, 5) is 4.04. The van der Waals surface area contributed by atoms with Gasteiger partial charge in [-0.15, -0.1) is 0 Å². The highest BCUT2D eigenvalue weighted by Crippen LogP contribution is 2.27. The van der Waals surface area contributed by atoms with Gasteiger partial charge < -0.3 is 10.1 Å². The second kappa shape index (κ2) is 6.46. The zero-order valence-electron chi connectivity index (χ0n) is 12.9. The molecule has 0 unspecified atom stereocenters. The molecule has 0 bridgehead atoms. The maximum absolute atomic E-state index is 5.94. The van der Waals surface area contributed by atoms with Crippen LogP contribution in [0, 0.1) is 6.92 Å². The van der Waals surface area contributed by atoms with Crippen LogP contribution < -0.4 is 10.1 Å². The minimum Gasteiger partial charge on any atom is -0.455 e. The van der Waals surface area contributed by atoms with Crippen LogP contribution in [0.1, 0.15) is 31.9 Å². The Morgan fingerprint density at radius 2 is 1.95 bits per heavy atom. The van der Waals surface area contributed by atoms with Gasteiger partial charge in [-0.25, -0.2) is 0 Å². The van der Waals surface area contributed by atoms with Crippen LogP contribution in [0.15, 0.2) is 36.7 Å². The molecule has 2 aromatic rings. The van der Waals surface area contributed by atoms with E-state index in [1.807, 2.05) is 12.1 Å². The van der Waals surface area contributed by atoms with Crippen LogP contribution in [0.4, 0.5) is 0 Å². The predicted octanol–water partition coefficient (Wildman–Crippen LogP) is 4.72. The zero-order valence-corrected chi connectivity index (χ0v) is 13.7. The first kappa shape index (κ1) is 15.8. The van der Waals surface area contributed by atoms with Gasteiger partial charge in [0.15, 0.2) is 0 Å². The number of ether oxygens (including phenoxy) is 1. The molecule has 0 aliphatic carbocycles. The molecular formula is C17H21ClN2O. The molecule has 0 saturated carbocycles. The molecule has 1 aromatic carbocycles. The third-order valence-electron chi connectivity index (χ3n) is 2.93. The third kappa shape index (κ3) is 5.03. The fourth-order valence-corrected chi connectivity index (χ4v) is 2.05. The van der Waals surface area contributed by atoms with Crippen LogP contribution in [0.5, 0.6) is 11.5 Å². The van der Waals surface area contributed by atoms with E-state index in [1.54, 1.807) is 18.5 Å². The lowest BCUT2D eigenvalue weighted by Crippen LogP contribution is -2.35. The average Bonchev–Trinajstić information content (AvgIpc) is 2.38. The molecule has 4 heteroatoms. The van der Waals surface area contributed by atoms with Crippen LogP contribution in [0.2, 0.25) is 5.02 Å². The van der Waals surface area contributed by atoms with E-state index >= 15 is 0 Å². The van der Waals surface area contributed by atoms with E-state index in [2.05, 4.69) is 44.1 Å². The molecule has 1 N–H and O–H groups in total. The van der Waals surface area contributed by atoms with Gasteiger partial charge in [-0.05, 0) is 33.8 Å². The number of pyridine rings is 1. The van der Waals surface area contributed by atoms with Gasteiger partial charge in [0.05, 0.1) is 11.2 Å². The van der Waals surface area contributed by atoms with Crippen LogP contribution >= 0.6 is 11.6 Å². The van der Waals surface area contributed by atoms with E-state index in [-0.39, 0.29) is 5.54 Å². The summed E-state index contributed by atoms with van der Waals surface area (Å²) >= 11 is 5.94. The Labute approximate surface area is 131 Å². The van der Waals surface area contributed by atoms with E-state index in [0.29, 0.717) is 10.8 Å². The molecule has 3 nitrogen and oxygen atoms in total. The molecule has 0 atom stereocenters. The minimum absolute atomic E-state index is 0.0542. The van der Waals surface area contributed by atoms with E-state index in [9.17, 15) is 0 Å². The Morgan fingerprint density at radius 1 is 1.19 bits per heavy atom. The lowest BCUT2D eigenvalue weighted by Gasteiger charge is -2.22. The molecule has 0 radical (unpaired) electrons. The maximum Gasteiger partial charge on any atom is 0.147 e. The number of benzene rings is 1. The summed E-state index contributed by atoms with van der Waals surface area (Å²) in [7, 11) is 0. The Balaban J connectivity index is 2.22. The molecular weight excluding hydrogens is 284 g/mol. The standard InChI is InChI=1S/C17H21ClN2O/c1-12-5-6-16(13(7-12)9-20-17(2,3)4)21-15-8-14(18)10-19-11-15/h5-8,10-11,20H,9H2,1-4H3. The summed E-state index contributed by atoms with van der Waals surface area (Å²) in [5.41, 5.74) is 2.38. The largest absolute Gasteiger partial charge is 0.455 e. The zero-order chi connectivity index (χ0) is 15.5. The molecule has 21 heavy (non-hydrogen) atoms. The van der Waals surface area contributed by atoms with Crippen molar-refractivity contribution in [2.75, 3.05) is 0 Å². The van der Waals surface area contributed by atoms with Crippen molar-refractivity contribution in [2.45, 2.75) is 39.8 Å². The lowest BCUT2D eigenvalue weighted by molar-refractivity contribution is 0.414. The Hall–Kier alpha value is -1.58. The van der Waals surface area contributed by atoms with Gasteiger partial charge in [0, 0.05) is 29.9 Å². The molecule has 0 fully saturated rings. The van der Waals surface area contributed by atoms with Crippen molar-refractivity contribution in [1.29, 1.82) is 0 Å². The van der Waals surface area contributed by atoms with E-state index < -0.39 is 0 Å². The van der Waals surface area contributed by atoms with E-state index in [0.717, 1.165) is 17.9 Å². The summed E-state index contributed by atoms with van der Waals surface area (Å²) in [6.45, 7) is 9.25. The molecule has 1 heterocycles. The molecule has 112 valence electrons. The molecule has 1 aromatic heterocycles. The van der Waals surface area contributed by atoms with E-state index in [4.69, 9.17) is 16.3 Å². The SMILES string of the molecule is Cc1ccc(Oc2cncc(Cl)c2)c(CNC(C)(C)C)c1. The molecule has 0 amide bonds. The number of nitrogens with one attached hydrogen (secondary N) is 1. The summed E-state index contributed by atoms with van der Waals surface area (Å²) in [6.07, 6.45) is 3.25. The van der Waals surface area contributed by atoms with Crippen molar-refractivity contribution in [2.24, 2.45) is 0 Å². The highest BCUT2D eigenvalue weighted by Gasteiger charge is 2.12. The monoisotopic (exact) mass is 304 g/mol. The Morgan fingerprint density at radius 3 is 2.62 bits per heavy atom.